The molecule has 1 saturated heterocycles. The van der Waals surface area contributed by atoms with Crippen LogP contribution in [0.4, 0.5) is 11.6 Å². The highest BCUT2D eigenvalue weighted by Gasteiger charge is 2.24. The van der Waals surface area contributed by atoms with E-state index in [1.165, 1.54) is 5.56 Å². The Labute approximate surface area is 122 Å². The van der Waals surface area contributed by atoms with Gasteiger partial charge in [-0.05, 0) is 27.3 Å². The van der Waals surface area contributed by atoms with Gasteiger partial charge in [0.15, 0.2) is 0 Å². The van der Waals surface area contributed by atoms with Crippen LogP contribution in [0.15, 0.2) is 6.33 Å². The van der Waals surface area contributed by atoms with Crippen molar-refractivity contribution in [2.45, 2.75) is 39.7 Å². The van der Waals surface area contributed by atoms with Crippen molar-refractivity contribution in [2.24, 2.45) is 0 Å². The minimum atomic E-state index is 0.566. The number of likely N-dealkylation sites (N-methyl/N-ethyl adjacent to an activating group) is 1. The van der Waals surface area contributed by atoms with Crippen LogP contribution in [-0.2, 0) is 6.42 Å². The quantitative estimate of drug-likeness (QED) is 0.892. The highest BCUT2D eigenvalue weighted by Crippen LogP contribution is 2.26. The molecule has 1 aliphatic heterocycles. The van der Waals surface area contributed by atoms with E-state index in [-0.39, 0.29) is 0 Å². The van der Waals surface area contributed by atoms with Gasteiger partial charge in [0.05, 0.1) is 0 Å². The number of aromatic nitrogens is 2. The van der Waals surface area contributed by atoms with Gasteiger partial charge < -0.3 is 15.1 Å². The summed E-state index contributed by atoms with van der Waals surface area (Å²) in [4.78, 5) is 13.8. The molecule has 0 radical (unpaired) electrons. The van der Waals surface area contributed by atoms with E-state index in [0.717, 1.165) is 50.7 Å². The Kier molecular flexibility index (Phi) is 5.17. The first-order valence-corrected chi connectivity index (χ1v) is 7.70. The summed E-state index contributed by atoms with van der Waals surface area (Å²) in [6, 6.07) is 0.566. The van der Waals surface area contributed by atoms with E-state index in [4.69, 9.17) is 0 Å². The Bertz CT molecular complexity index is 434. The third-order valence-corrected chi connectivity index (χ3v) is 4.03. The van der Waals surface area contributed by atoms with Crippen molar-refractivity contribution in [1.82, 2.24) is 14.9 Å². The van der Waals surface area contributed by atoms with Crippen LogP contribution in [0.2, 0.25) is 0 Å². The van der Waals surface area contributed by atoms with Gasteiger partial charge in [-0.1, -0.05) is 13.3 Å². The number of hydrogen-bond donors (Lipinski definition) is 1. The van der Waals surface area contributed by atoms with E-state index < -0.39 is 0 Å². The lowest BCUT2D eigenvalue weighted by molar-refractivity contribution is 0.233. The van der Waals surface area contributed by atoms with E-state index in [1.807, 2.05) is 0 Å². The zero-order valence-electron chi connectivity index (χ0n) is 13.2. The van der Waals surface area contributed by atoms with Gasteiger partial charge in [0.2, 0.25) is 0 Å². The van der Waals surface area contributed by atoms with Crippen LogP contribution in [0.1, 0.15) is 32.8 Å². The molecule has 112 valence electrons. The monoisotopic (exact) mass is 277 g/mol. The maximum atomic E-state index is 4.58. The first kappa shape index (κ1) is 15.0. The van der Waals surface area contributed by atoms with E-state index >= 15 is 0 Å². The number of hydrogen-bond acceptors (Lipinski definition) is 5. The molecule has 5 heteroatoms. The van der Waals surface area contributed by atoms with Crippen molar-refractivity contribution in [2.75, 3.05) is 43.4 Å². The van der Waals surface area contributed by atoms with Gasteiger partial charge in [-0.25, -0.2) is 9.97 Å². The Morgan fingerprint density at radius 1 is 1.30 bits per heavy atom. The minimum Gasteiger partial charge on any atom is -0.370 e. The van der Waals surface area contributed by atoms with Crippen LogP contribution < -0.4 is 10.2 Å². The van der Waals surface area contributed by atoms with Crippen molar-refractivity contribution in [3.05, 3.63) is 11.9 Å². The fourth-order valence-corrected chi connectivity index (χ4v) is 2.72. The molecule has 0 saturated carbocycles. The van der Waals surface area contributed by atoms with Crippen molar-refractivity contribution in [3.63, 3.8) is 0 Å². The van der Waals surface area contributed by atoms with Gasteiger partial charge in [0, 0.05) is 37.8 Å². The van der Waals surface area contributed by atoms with Crippen LogP contribution in [0.3, 0.4) is 0 Å². The van der Waals surface area contributed by atoms with Crippen molar-refractivity contribution < 1.29 is 0 Å². The predicted octanol–water partition coefficient (Wildman–Crippen LogP) is 2.00. The molecule has 0 amide bonds. The molecule has 1 fully saturated rings. The molecule has 2 rings (SSSR count). The fraction of sp³-hybridized carbons (Fsp3) is 0.733. The molecule has 0 bridgehead atoms. The lowest BCUT2D eigenvalue weighted by atomic mass is 10.1. The minimum absolute atomic E-state index is 0.566. The molecule has 2 heterocycles. The Balaban J connectivity index is 2.28. The van der Waals surface area contributed by atoms with Gasteiger partial charge >= 0.3 is 0 Å². The van der Waals surface area contributed by atoms with Crippen molar-refractivity contribution in [1.29, 1.82) is 0 Å². The molecular weight excluding hydrogens is 250 g/mol. The third kappa shape index (κ3) is 3.20. The molecule has 0 aromatic carbocycles. The van der Waals surface area contributed by atoms with Crippen molar-refractivity contribution >= 4 is 11.6 Å². The zero-order valence-corrected chi connectivity index (χ0v) is 13.2. The van der Waals surface area contributed by atoms with Gasteiger partial charge in [-0.3, -0.25) is 0 Å². The molecule has 1 unspecified atom stereocenters. The van der Waals surface area contributed by atoms with Crippen molar-refractivity contribution in [3.8, 4) is 0 Å². The number of anilines is 2. The highest BCUT2D eigenvalue weighted by molar-refractivity contribution is 5.59. The van der Waals surface area contributed by atoms with Crippen LogP contribution in [0.5, 0.6) is 0 Å². The second kappa shape index (κ2) is 6.88. The normalized spacial score (nSPS) is 20.2. The summed E-state index contributed by atoms with van der Waals surface area (Å²) in [5, 5.41) is 3.37. The number of nitrogens with zero attached hydrogens (tertiary/aromatic N) is 4. The van der Waals surface area contributed by atoms with E-state index in [1.54, 1.807) is 6.33 Å². The average molecular weight is 277 g/mol. The first-order chi connectivity index (χ1) is 9.67. The van der Waals surface area contributed by atoms with Crippen LogP contribution in [0, 0.1) is 0 Å². The summed E-state index contributed by atoms with van der Waals surface area (Å²) in [6.45, 7) is 10.7. The molecule has 1 N–H and O–H groups in total. The van der Waals surface area contributed by atoms with E-state index in [9.17, 15) is 0 Å². The lowest BCUT2D eigenvalue weighted by Gasteiger charge is -2.39. The SMILES string of the molecule is CCCc1c(NCC)ncnc1N1CCN(C)C(C)C1. The van der Waals surface area contributed by atoms with Gasteiger partial charge in [0.25, 0.3) is 0 Å². The summed E-state index contributed by atoms with van der Waals surface area (Å²) in [5.74, 6) is 2.13. The standard InChI is InChI=1S/C15H27N5/c1-5-7-13-14(16-6-2)17-11-18-15(13)20-9-8-19(4)12(3)10-20/h11-12H,5-10H2,1-4H3,(H,16,17,18). The first-order valence-electron chi connectivity index (χ1n) is 7.70. The summed E-state index contributed by atoms with van der Waals surface area (Å²) >= 11 is 0. The van der Waals surface area contributed by atoms with E-state index in [2.05, 4.69) is 52.9 Å². The fourth-order valence-electron chi connectivity index (χ4n) is 2.72. The summed E-state index contributed by atoms with van der Waals surface area (Å²) in [5.41, 5.74) is 1.27. The van der Waals surface area contributed by atoms with Crippen LogP contribution in [0.25, 0.3) is 0 Å². The maximum absolute atomic E-state index is 4.58. The summed E-state index contributed by atoms with van der Waals surface area (Å²) < 4.78 is 0. The third-order valence-electron chi connectivity index (χ3n) is 4.03. The summed E-state index contributed by atoms with van der Waals surface area (Å²) in [6.07, 6.45) is 3.83. The zero-order chi connectivity index (χ0) is 14.5. The van der Waals surface area contributed by atoms with Gasteiger partial charge in [-0.2, -0.15) is 0 Å². The molecule has 5 nitrogen and oxygen atoms in total. The predicted molar refractivity (Wildman–Crippen MR) is 84.5 cm³/mol. The molecule has 0 spiro atoms. The highest BCUT2D eigenvalue weighted by atomic mass is 15.3. The van der Waals surface area contributed by atoms with Gasteiger partial charge in [0.1, 0.15) is 18.0 Å². The molecule has 0 aliphatic carbocycles. The van der Waals surface area contributed by atoms with Gasteiger partial charge in [-0.15, -0.1) is 0 Å². The molecule has 1 aliphatic rings. The smallest absolute Gasteiger partial charge is 0.137 e. The molecular formula is C15H27N5. The number of piperazine rings is 1. The Morgan fingerprint density at radius 3 is 2.75 bits per heavy atom. The Hall–Kier alpha value is -1.36. The second-order valence-corrected chi connectivity index (χ2v) is 5.58. The second-order valence-electron chi connectivity index (χ2n) is 5.58. The van der Waals surface area contributed by atoms with Crippen LogP contribution >= 0.6 is 0 Å². The molecule has 1 atom stereocenters. The van der Waals surface area contributed by atoms with Crippen LogP contribution in [-0.4, -0.2) is 54.1 Å². The molecule has 20 heavy (non-hydrogen) atoms. The largest absolute Gasteiger partial charge is 0.370 e. The Morgan fingerprint density at radius 2 is 2.10 bits per heavy atom. The number of nitrogens with one attached hydrogen (secondary N) is 1. The maximum Gasteiger partial charge on any atom is 0.137 e. The lowest BCUT2D eigenvalue weighted by Crippen LogP contribution is -2.50. The molecule has 1 aromatic rings. The number of rotatable bonds is 5. The topological polar surface area (TPSA) is 44.3 Å². The summed E-state index contributed by atoms with van der Waals surface area (Å²) in [7, 11) is 2.19. The average Bonchev–Trinajstić information content (AvgIpc) is 2.44. The molecule has 1 aromatic heterocycles. The van der Waals surface area contributed by atoms with E-state index in [0.29, 0.717) is 6.04 Å².